The molecular formula is C26H33O2PSi. The molecule has 1 heterocycles. The van der Waals surface area contributed by atoms with E-state index < -0.39 is 15.2 Å². The van der Waals surface area contributed by atoms with Gasteiger partial charge in [0, 0.05) is 10.6 Å². The third-order valence-electron chi connectivity index (χ3n) is 6.44. The van der Waals surface area contributed by atoms with E-state index in [1.807, 2.05) is 60.4 Å². The molecule has 158 valence electrons. The molecule has 2 aromatic rings. The molecule has 0 bridgehead atoms. The van der Waals surface area contributed by atoms with Gasteiger partial charge in [0.05, 0.1) is 0 Å². The molecule has 0 saturated carbocycles. The van der Waals surface area contributed by atoms with Crippen molar-refractivity contribution >= 4 is 31.9 Å². The second-order valence-corrected chi connectivity index (χ2v) is 17.2. The molecule has 0 spiro atoms. The van der Waals surface area contributed by atoms with Crippen molar-refractivity contribution in [2.75, 3.05) is 6.61 Å². The highest BCUT2D eigenvalue weighted by Crippen LogP contribution is 2.50. The fourth-order valence-corrected chi connectivity index (χ4v) is 12.6. The van der Waals surface area contributed by atoms with Gasteiger partial charge in [0.2, 0.25) is 0 Å². The Labute approximate surface area is 183 Å². The first-order valence-corrected chi connectivity index (χ1v) is 14.8. The zero-order valence-electron chi connectivity index (χ0n) is 19.0. The van der Waals surface area contributed by atoms with Crippen LogP contribution in [0.4, 0.5) is 0 Å². The van der Waals surface area contributed by atoms with Crippen molar-refractivity contribution in [1.82, 2.24) is 0 Å². The van der Waals surface area contributed by atoms with Gasteiger partial charge in [0.1, 0.15) is 20.4 Å². The Morgan fingerprint density at radius 1 is 0.933 bits per heavy atom. The first kappa shape index (κ1) is 22.7. The molecule has 4 heteroatoms. The van der Waals surface area contributed by atoms with E-state index in [1.54, 1.807) is 0 Å². The summed E-state index contributed by atoms with van der Waals surface area (Å²) in [5.41, 5.74) is 6.51. The Morgan fingerprint density at radius 3 is 2.17 bits per heavy atom. The van der Waals surface area contributed by atoms with Crippen LogP contribution < -0.4 is 15.3 Å². The van der Waals surface area contributed by atoms with Crippen molar-refractivity contribution in [3.63, 3.8) is 0 Å². The van der Waals surface area contributed by atoms with E-state index in [1.165, 1.54) is 0 Å². The Hall–Kier alpha value is -2.01. The predicted octanol–water partition coefficient (Wildman–Crippen LogP) is 6.59. The van der Waals surface area contributed by atoms with E-state index in [0.717, 1.165) is 21.9 Å². The van der Waals surface area contributed by atoms with Crippen LogP contribution in [-0.2, 0) is 4.57 Å². The zero-order chi connectivity index (χ0) is 21.9. The minimum atomic E-state index is -2.68. The number of hydrogen-bond acceptors (Lipinski definition) is 2. The fraction of sp³-hybridized carbons (Fsp3) is 0.385. The highest BCUT2D eigenvalue weighted by Gasteiger charge is 2.41. The monoisotopic (exact) mass is 436 g/mol. The molecule has 30 heavy (non-hydrogen) atoms. The Bertz CT molecular complexity index is 1000. The van der Waals surface area contributed by atoms with E-state index >= 15 is 0 Å². The number of ether oxygens (including phenoxy) is 1. The molecule has 2 aromatic carbocycles. The highest BCUT2D eigenvalue weighted by atomic mass is 31.2. The molecule has 1 aliphatic rings. The summed E-state index contributed by atoms with van der Waals surface area (Å²) in [5, 5.41) is 1.76. The lowest BCUT2D eigenvalue weighted by atomic mass is 10.2. The van der Waals surface area contributed by atoms with Gasteiger partial charge in [-0.15, -0.1) is 5.54 Å². The number of benzene rings is 2. The lowest BCUT2D eigenvalue weighted by Gasteiger charge is -2.38. The zero-order valence-corrected chi connectivity index (χ0v) is 20.9. The molecule has 2 nitrogen and oxygen atoms in total. The van der Waals surface area contributed by atoms with E-state index in [0.29, 0.717) is 23.2 Å². The van der Waals surface area contributed by atoms with E-state index in [-0.39, 0.29) is 0 Å². The third-order valence-corrected chi connectivity index (χ3v) is 15.5. The van der Waals surface area contributed by atoms with Crippen molar-refractivity contribution in [3.05, 3.63) is 59.9 Å². The molecule has 0 aromatic heterocycles. The Balaban J connectivity index is 1.77. The molecule has 0 amide bonds. The standard InChI is InChI=1S/C26H33O2PSi/c1-20(2)30(21(3)4,22(5)6)18-10-16-28-24-13-14-26-23(19-24)15-17-29(26,27)25-11-8-7-9-12-25/h7-9,11-15,17,19-22H,16H2,1-6H3. The molecule has 0 fully saturated rings. The number of hydrogen-bond donors (Lipinski definition) is 0. The van der Waals surface area contributed by atoms with Gasteiger partial charge in [-0.05, 0) is 52.3 Å². The van der Waals surface area contributed by atoms with Gasteiger partial charge in [0.15, 0.2) is 7.14 Å². The van der Waals surface area contributed by atoms with Crippen LogP contribution in [0.5, 0.6) is 5.75 Å². The maximum absolute atomic E-state index is 13.6. The maximum Gasteiger partial charge on any atom is 0.164 e. The molecule has 1 unspecified atom stereocenters. The van der Waals surface area contributed by atoms with Crippen LogP contribution in [0.15, 0.2) is 54.3 Å². The number of fused-ring (bicyclic) bond motifs is 1. The summed E-state index contributed by atoms with van der Waals surface area (Å²) in [4.78, 5) is 0. The van der Waals surface area contributed by atoms with Crippen molar-refractivity contribution in [2.45, 2.75) is 58.2 Å². The van der Waals surface area contributed by atoms with Crippen LogP contribution in [-0.4, -0.2) is 14.7 Å². The average molecular weight is 437 g/mol. The molecule has 0 radical (unpaired) electrons. The summed E-state index contributed by atoms with van der Waals surface area (Å²) in [6.07, 6.45) is 1.95. The van der Waals surface area contributed by atoms with Gasteiger partial charge >= 0.3 is 0 Å². The first-order valence-electron chi connectivity index (χ1n) is 10.8. The van der Waals surface area contributed by atoms with E-state index in [9.17, 15) is 4.57 Å². The van der Waals surface area contributed by atoms with Gasteiger partial charge in [0.25, 0.3) is 0 Å². The Kier molecular flexibility index (Phi) is 6.80. The van der Waals surface area contributed by atoms with Gasteiger partial charge in [-0.25, -0.2) is 0 Å². The summed E-state index contributed by atoms with van der Waals surface area (Å²) in [7, 11) is -4.41. The second kappa shape index (κ2) is 9.01. The van der Waals surface area contributed by atoms with E-state index in [4.69, 9.17) is 4.74 Å². The summed E-state index contributed by atoms with van der Waals surface area (Å²) in [6.45, 7) is 14.3. The van der Waals surface area contributed by atoms with Gasteiger partial charge in [-0.2, -0.15) is 0 Å². The average Bonchev–Trinajstić information content (AvgIpc) is 3.05. The predicted molar refractivity (Wildman–Crippen MR) is 133 cm³/mol. The smallest absolute Gasteiger partial charge is 0.164 e. The van der Waals surface area contributed by atoms with Crippen LogP contribution in [0.3, 0.4) is 0 Å². The van der Waals surface area contributed by atoms with Crippen LogP contribution in [0.2, 0.25) is 16.6 Å². The van der Waals surface area contributed by atoms with Crippen molar-refractivity contribution in [1.29, 1.82) is 0 Å². The molecule has 0 N–H and O–H groups in total. The fourth-order valence-electron chi connectivity index (χ4n) is 4.94. The minimum Gasteiger partial charge on any atom is -0.481 e. The topological polar surface area (TPSA) is 26.3 Å². The lowest BCUT2D eigenvalue weighted by molar-refractivity contribution is 0.370. The normalized spacial score (nSPS) is 17.9. The summed E-state index contributed by atoms with van der Waals surface area (Å²) in [5.74, 6) is 5.97. The van der Waals surface area contributed by atoms with Gasteiger partial charge in [-0.1, -0.05) is 77.8 Å². The lowest BCUT2D eigenvalue weighted by Crippen LogP contribution is -2.43. The maximum atomic E-state index is 13.6. The molecule has 1 atom stereocenters. The molecule has 1 aliphatic heterocycles. The SMILES string of the molecule is CC(C)[Si](C#CCOc1ccc2c(c1)C=CP2(=O)c1ccccc1)(C(C)C)C(C)C. The van der Waals surface area contributed by atoms with Crippen LogP contribution in [0.1, 0.15) is 47.1 Å². The minimum absolute atomic E-state index is 0.389. The van der Waals surface area contributed by atoms with Crippen molar-refractivity contribution in [2.24, 2.45) is 0 Å². The highest BCUT2D eigenvalue weighted by molar-refractivity contribution is 7.82. The number of rotatable bonds is 6. The van der Waals surface area contributed by atoms with Crippen molar-refractivity contribution < 1.29 is 9.30 Å². The van der Waals surface area contributed by atoms with Crippen LogP contribution in [0, 0.1) is 11.5 Å². The van der Waals surface area contributed by atoms with Gasteiger partial charge < -0.3 is 9.30 Å². The van der Waals surface area contributed by atoms with Crippen LogP contribution in [0.25, 0.3) is 6.08 Å². The molecule has 0 aliphatic carbocycles. The third kappa shape index (κ3) is 4.09. The molecule has 0 saturated heterocycles. The van der Waals surface area contributed by atoms with Gasteiger partial charge in [-0.3, -0.25) is 0 Å². The molecule has 3 rings (SSSR count). The quantitative estimate of drug-likeness (QED) is 0.290. The first-order chi connectivity index (χ1) is 14.2. The summed E-state index contributed by atoms with van der Waals surface area (Å²) < 4.78 is 19.5. The van der Waals surface area contributed by atoms with Crippen LogP contribution >= 0.6 is 7.14 Å². The summed E-state index contributed by atoms with van der Waals surface area (Å²) in [6, 6.07) is 15.5. The second-order valence-electron chi connectivity index (χ2n) is 9.02. The molecular weight excluding hydrogens is 403 g/mol. The summed E-state index contributed by atoms with van der Waals surface area (Å²) >= 11 is 0. The van der Waals surface area contributed by atoms with E-state index in [2.05, 4.69) is 53.0 Å². The largest absolute Gasteiger partial charge is 0.481 e. The Morgan fingerprint density at radius 2 is 1.57 bits per heavy atom. The van der Waals surface area contributed by atoms with Crippen molar-refractivity contribution in [3.8, 4) is 17.2 Å².